The second-order valence-electron chi connectivity index (χ2n) is 7.14. The van der Waals surface area contributed by atoms with Gasteiger partial charge in [0, 0.05) is 17.5 Å². The normalized spacial score (nSPS) is 34.5. The molecule has 2 nitrogen and oxygen atoms in total. The highest BCUT2D eigenvalue weighted by Crippen LogP contribution is 2.66. The summed E-state index contributed by atoms with van der Waals surface area (Å²) < 4.78 is 20.0. The van der Waals surface area contributed by atoms with Crippen LogP contribution < -0.4 is 10.5 Å². The third kappa shape index (κ3) is 1.72. The van der Waals surface area contributed by atoms with E-state index in [1.165, 1.54) is 18.9 Å². The van der Waals surface area contributed by atoms with E-state index in [9.17, 15) is 4.39 Å². The van der Waals surface area contributed by atoms with Crippen molar-refractivity contribution in [3.63, 3.8) is 0 Å². The molecule has 2 fully saturated rings. The van der Waals surface area contributed by atoms with Crippen LogP contribution in [-0.2, 0) is 6.54 Å². The van der Waals surface area contributed by atoms with Gasteiger partial charge in [0.25, 0.3) is 0 Å². The number of nitrogens with two attached hydrogens (primary N) is 1. The van der Waals surface area contributed by atoms with E-state index in [0.717, 1.165) is 6.42 Å². The minimum atomic E-state index is -0.266. The zero-order valence-corrected chi connectivity index (χ0v) is 12.6. The van der Waals surface area contributed by atoms with Crippen molar-refractivity contribution in [1.82, 2.24) is 0 Å². The van der Waals surface area contributed by atoms with E-state index in [2.05, 4.69) is 20.8 Å². The molecule has 2 bridgehead atoms. The summed E-state index contributed by atoms with van der Waals surface area (Å²) in [6.45, 7) is 7.21. The molecular weight excluding hydrogens is 253 g/mol. The van der Waals surface area contributed by atoms with Crippen LogP contribution >= 0.6 is 0 Å². The van der Waals surface area contributed by atoms with E-state index in [4.69, 9.17) is 10.5 Å². The molecule has 3 rings (SSSR count). The third-order valence-corrected chi connectivity index (χ3v) is 6.26. The molecule has 0 heterocycles. The zero-order chi connectivity index (χ0) is 14.5. The van der Waals surface area contributed by atoms with Crippen LogP contribution in [0.1, 0.15) is 45.6 Å². The second-order valence-corrected chi connectivity index (χ2v) is 7.14. The lowest BCUT2D eigenvalue weighted by Gasteiger charge is -2.39. The van der Waals surface area contributed by atoms with Gasteiger partial charge < -0.3 is 10.5 Å². The highest BCUT2D eigenvalue weighted by Gasteiger charge is 2.62. The fraction of sp³-hybridized carbons (Fsp3) is 0.647. The van der Waals surface area contributed by atoms with Crippen LogP contribution in [0.25, 0.3) is 0 Å². The zero-order valence-electron chi connectivity index (χ0n) is 12.6. The van der Waals surface area contributed by atoms with Crippen molar-refractivity contribution in [1.29, 1.82) is 0 Å². The van der Waals surface area contributed by atoms with Crippen molar-refractivity contribution in [2.75, 3.05) is 0 Å². The molecule has 0 aromatic heterocycles. The summed E-state index contributed by atoms with van der Waals surface area (Å²) in [5.74, 6) is 1.08. The van der Waals surface area contributed by atoms with Crippen LogP contribution in [0.5, 0.6) is 5.75 Å². The molecule has 3 unspecified atom stereocenters. The van der Waals surface area contributed by atoms with Gasteiger partial charge in [-0.05, 0) is 42.7 Å². The molecule has 0 saturated heterocycles. The predicted molar refractivity (Wildman–Crippen MR) is 77.9 cm³/mol. The maximum Gasteiger partial charge on any atom is 0.131 e. The van der Waals surface area contributed by atoms with Crippen molar-refractivity contribution >= 4 is 0 Å². The molecule has 110 valence electrons. The summed E-state index contributed by atoms with van der Waals surface area (Å²) in [5.41, 5.74) is 6.64. The Morgan fingerprint density at radius 3 is 2.65 bits per heavy atom. The summed E-state index contributed by atoms with van der Waals surface area (Å²) in [6, 6.07) is 4.99. The lowest BCUT2D eigenvalue weighted by Crippen LogP contribution is -2.39. The van der Waals surface area contributed by atoms with Crippen LogP contribution in [0, 0.1) is 22.6 Å². The molecule has 0 aliphatic heterocycles. The molecule has 1 aromatic carbocycles. The van der Waals surface area contributed by atoms with Gasteiger partial charge in [0.05, 0.1) is 0 Å². The number of ether oxygens (including phenoxy) is 1. The van der Waals surface area contributed by atoms with Gasteiger partial charge in [0.15, 0.2) is 0 Å². The van der Waals surface area contributed by atoms with Crippen molar-refractivity contribution in [2.45, 2.75) is 52.7 Å². The third-order valence-electron chi connectivity index (χ3n) is 6.26. The largest absolute Gasteiger partial charge is 0.489 e. The van der Waals surface area contributed by atoms with Gasteiger partial charge in [0.2, 0.25) is 0 Å². The SMILES string of the molecule is CC1(C)C2CCC1(C)C(Oc1cccc(F)c1CN)C2. The maximum atomic E-state index is 13.8. The standard InChI is InChI=1S/C17H24FNO/c1-16(2)11-7-8-17(16,3)15(9-11)20-14-6-4-5-13(18)12(14)10-19/h4-6,11,15H,7-10,19H2,1-3H3. The molecule has 2 aliphatic carbocycles. The number of hydrogen-bond donors (Lipinski definition) is 1. The van der Waals surface area contributed by atoms with Crippen LogP contribution in [0.4, 0.5) is 4.39 Å². The van der Waals surface area contributed by atoms with Gasteiger partial charge in [-0.15, -0.1) is 0 Å². The average Bonchev–Trinajstić information content (AvgIpc) is 2.72. The first-order valence-electron chi connectivity index (χ1n) is 7.54. The van der Waals surface area contributed by atoms with Crippen molar-refractivity contribution < 1.29 is 9.13 Å². The molecule has 3 atom stereocenters. The summed E-state index contributed by atoms with van der Waals surface area (Å²) in [7, 11) is 0. The van der Waals surface area contributed by atoms with Crippen molar-refractivity contribution in [3.05, 3.63) is 29.6 Å². The summed E-state index contributed by atoms with van der Waals surface area (Å²) in [4.78, 5) is 0. The van der Waals surface area contributed by atoms with Crippen LogP contribution in [-0.4, -0.2) is 6.10 Å². The number of halogens is 1. The van der Waals surface area contributed by atoms with Gasteiger partial charge in [0.1, 0.15) is 17.7 Å². The Kier molecular flexibility index (Phi) is 3.09. The van der Waals surface area contributed by atoms with Crippen LogP contribution in [0.2, 0.25) is 0 Å². The molecule has 2 saturated carbocycles. The first kappa shape index (κ1) is 13.9. The number of rotatable bonds is 3. The van der Waals surface area contributed by atoms with Gasteiger partial charge in [-0.25, -0.2) is 4.39 Å². The van der Waals surface area contributed by atoms with E-state index >= 15 is 0 Å². The van der Waals surface area contributed by atoms with E-state index in [1.807, 2.05) is 6.07 Å². The number of benzene rings is 1. The molecule has 2 aliphatic rings. The minimum Gasteiger partial charge on any atom is -0.489 e. The molecule has 0 spiro atoms. The van der Waals surface area contributed by atoms with E-state index in [-0.39, 0.29) is 23.9 Å². The lowest BCUT2D eigenvalue weighted by atomic mass is 9.70. The van der Waals surface area contributed by atoms with Gasteiger partial charge in [-0.3, -0.25) is 0 Å². The van der Waals surface area contributed by atoms with E-state index in [0.29, 0.717) is 22.6 Å². The number of fused-ring (bicyclic) bond motifs is 2. The summed E-state index contributed by atoms with van der Waals surface area (Å²) in [6.07, 6.45) is 3.73. The quantitative estimate of drug-likeness (QED) is 0.910. The maximum absolute atomic E-state index is 13.8. The molecule has 20 heavy (non-hydrogen) atoms. The highest BCUT2D eigenvalue weighted by atomic mass is 19.1. The average molecular weight is 277 g/mol. The molecule has 0 radical (unpaired) electrons. The van der Waals surface area contributed by atoms with E-state index < -0.39 is 0 Å². The molecular formula is C17H24FNO. The Morgan fingerprint density at radius 2 is 2.10 bits per heavy atom. The van der Waals surface area contributed by atoms with Crippen molar-refractivity contribution in [2.24, 2.45) is 22.5 Å². The van der Waals surface area contributed by atoms with Gasteiger partial charge in [-0.2, -0.15) is 0 Å². The molecule has 2 N–H and O–H groups in total. The Morgan fingerprint density at radius 1 is 1.35 bits per heavy atom. The fourth-order valence-corrected chi connectivity index (χ4v) is 4.31. The monoisotopic (exact) mass is 277 g/mol. The Balaban J connectivity index is 1.89. The number of hydrogen-bond acceptors (Lipinski definition) is 2. The summed E-state index contributed by atoms with van der Waals surface area (Å²) in [5, 5.41) is 0. The Labute approximate surface area is 120 Å². The highest BCUT2D eigenvalue weighted by molar-refractivity contribution is 5.35. The second kappa shape index (κ2) is 4.45. The first-order valence-corrected chi connectivity index (χ1v) is 7.54. The Bertz CT molecular complexity index is 528. The first-order chi connectivity index (χ1) is 9.40. The molecule has 0 amide bonds. The molecule has 3 heteroatoms. The predicted octanol–water partition coefficient (Wildman–Crippen LogP) is 3.88. The minimum absolute atomic E-state index is 0.170. The van der Waals surface area contributed by atoms with Gasteiger partial charge in [-0.1, -0.05) is 26.8 Å². The van der Waals surface area contributed by atoms with Crippen LogP contribution in [0.3, 0.4) is 0 Å². The van der Waals surface area contributed by atoms with Gasteiger partial charge >= 0.3 is 0 Å². The fourth-order valence-electron chi connectivity index (χ4n) is 4.31. The van der Waals surface area contributed by atoms with Crippen LogP contribution in [0.15, 0.2) is 18.2 Å². The Hall–Kier alpha value is -1.09. The summed E-state index contributed by atoms with van der Waals surface area (Å²) >= 11 is 0. The van der Waals surface area contributed by atoms with Crippen molar-refractivity contribution in [3.8, 4) is 5.75 Å². The smallest absolute Gasteiger partial charge is 0.131 e. The van der Waals surface area contributed by atoms with E-state index in [1.54, 1.807) is 6.07 Å². The topological polar surface area (TPSA) is 35.2 Å². The molecule has 1 aromatic rings. The lowest BCUT2D eigenvalue weighted by molar-refractivity contribution is 0.0294.